The quantitative estimate of drug-likeness (QED) is 0.679. The van der Waals surface area contributed by atoms with Gasteiger partial charge in [0.2, 0.25) is 5.91 Å². The molecule has 0 saturated heterocycles. The third-order valence-electron chi connectivity index (χ3n) is 4.87. The van der Waals surface area contributed by atoms with Crippen LogP contribution >= 0.6 is 12.6 Å². The second-order valence-corrected chi connectivity index (χ2v) is 7.04. The number of nitrogens with zero attached hydrogens (tertiary/aromatic N) is 3. The third-order valence-corrected chi connectivity index (χ3v) is 5.26. The van der Waals surface area contributed by atoms with Crippen molar-refractivity contribution in [2.45, 2.75) is 44.8 Å². The van der Waals surface area contributed by atoms with Gasteiger partial charge in [0.05, 0.1) is 17.8 Å². The molecule has 0 aliphatic carbocycles. The third kappa shape index (κ3) is 3.59. The molecule has 0 unspecified atom stereocenters. The lowest BCUT2D eigenvalue weighted by atomic mass is 10.0. The number of fused-ring (bicyclic) bond motifs is 1. The fourth-order valence-corrected chi connectivity index (χ4v) is 3.60. The Morgan fingerprint density at radius 1 is 1.42 bits per heavy atom. The number of hydrogen-bond donors (Lipinski definition) is 3. The van der Waals surface area contributed by atoms with Gasteiger partial charge in [0.15, 0.2) is 0 Å². The number of hydrogen-bond acceptors (Lipinski definition) is 5. The fourth-order valence-electron chi connectivity index (χ4n) is 3.44. The molecule has 0 fully saturated rings. The average Bonchev–Trinajstić information content (AvgIpc) is 3.09. The highest BCUT2D eigenvalue weighted by atomic mass is 32.1. The predicted molar refractivity (Wildman–Crippen MR) is 105 cm³/mol. The minimum absolute atomic E-state index is 0.0699. The van der Waals surface area contributed by atoms with Crippen LogP contribution in [0.2, 0.25) is 0 Å². The summed E-state index contributed by atoms with van der Waals surface area (Å²) in [5.41, 5.74) is 7.38. The Hall–Kier alpha value is -1.99. The standard InChI is InChI=1S/C19H26N4O2S/c1-2-3-7-16-18-21-15(13-6-4-5-8-17(13)24)11-22(18)9-10-23(16)19(25)14(20)12-26/h4-6,8,11,14,16,24,26H,2-3,7,9-10,12,20H2,1H3/t14-,16-/m0/s1. The molecule has 2 atom stereocenters. The van der Waals surface area contributed by atoms with E-state index in [9.17, 15) is 9.90 Å². The summed E-state index contributed by atoms with van der Waals surface area (Å²) in [6, 6.07) is 6.49. The zero-order valence-corrected chi connectivity index (χ0v) is 15.9. The summed E-state index contributed by atoms with van der Waals surface area (Å²) in [7, 11) is 0. The van der Waals surface area contributed by atoms with Crippen LogP contribution in [-0.4, -0.2) is 43.8 Å². The molecule has 3 rings (SSSR count). The van der Waals surface area contributed by atoms with Gasteiger partial charge in [-0.2, -0.15) is 12.6 Å². The largest absolute Gasteiger partial charge is 0.507 e. The van der Waals surface area contributed by atoms with E-state index >= 15 is 0 Å². The average molecular weight is 375 g/mol. The number of carbonyl (C=O) groups is 1. The predicted octanol–water partition coefficient (Wildman–Crippen LogP) is 2.59. The molecule has 0 bridgehead atoms. The van der Waals surface area contributed by atoms with E-state index < -0.39 is 6.04 Å². The maximum absolute atomic E-state index is 12.7. The molecule has 1 aliphatic heterocycles. The van der Waals surface area contributed by atoms with Gasteiger partial charge in [-0.3, -0.25) is 4.79 Å². The van der Waals surface area contributed by atoms with Crippen LogP contribution in [0, 0.1) is 0 Å². The van der Waals surface area contributed by atoms with Gasteiger partial charge < -0.3 is 20.3 Å². The molecule has 3 N–H and O–H groups in total. The van der Waals surface area contributed by atoms with E-state index in [4.69, 9.17) is 10.7 Å². The summed E-state index contributed by atoms with van der Waals surface area (Å²) in [5, 5.41) is 10.1. The van der Waals surface area contributed by atoms with Crippen LogP contribution in [0.25, 0.3) is 11.3 Å². The summed E-state index contributed by atoms with van der Waals surface area (Å²) < 4.78 is 2.10. The molecule has 0 saturated carbocycles. The van der Waals surface area contributed by atoms with Crippen molar-refractivity contribution < 1.29 is 9.90 Å². The molecule has 7 heteroatoms. The van der Waals surface area contributed by atoms with Gasteiger partial charge in [0, 0.05) is 30.6 Å². The van der Waals surface area contributed by atoms with Crippen molar-refractivity contribution in [3.63, 3.8) is 0 Å². The van der Waals surface area contributed by atoms with Crippen LogP contribution in [0.15, 0.2) is 30.5 Å². The van der Waals surface area contributed by atoms with Gasteiger partial charge in [-0.25, -0.2) is 4.98 Å². The molecule has 1 aromatic carbocycles. The highest BCUT2D eigenvalue weighted by molar-refractivity contribution is 7.80. The maximum Gasteiger partial charge on any atom is 0.241 e. The normalized spacial score (nSPS) is 17.8. The SMILES string of the molecule is CCCC[C@H]1c2nc(-c3ccccc3O)cn2CCN1C(=O)[C@@H](N)CS. The molecular weight excluding hydrogens is 348 g/mol. The Bertz CT molecular complexity index is 777. The Kier molecular flexibility index (Phi) is 5.88. The van der Waals surface area contributed by atoms with Gasteiger partial charge in [0.1, 0.15) is 11.6 Å². The molecule has 1 aromatic heterocycles. The topological polar surface area (TPSA) is 84.4 Å². The Labute approximate surface area is 159 Å². The summed E-state index contributed by atoms with van der Waals surface area (Å²) in [6.45, 7) is 3.41. The first-order valence-corrected chi connectivity index (χ1v) is 9.72. The minimum Gasteiger partial charge on any atom is -0.507 e. The highest BCUT2D eigenvalue weighted by Gasteiger charge is 2.34. The minimum atomic E-state index is -0.596. The fraction of sp³-hybridized carbons (Fsp3) is 0.474. The van der Waals surface area contributed by atoms with Gasteiger partial charge >= 0.3 is 0 Å². The van der Waals surface area contributed by atoms with Crippen molar-refractivity contribution in [1.29, 1.82) is 0 Å². The van der Waals surface area contributed by atoms with Crippen LogP contribution in [0.5, 0.6) is 5.75 Å². The first kappa shape index (κ1) is 18.8. The first-order chi connectivity index (χ1) is 12.6. The number of imidazole rings is 1. The lowest BCUT2D eigenvalue weighted by Gasteiger charge is -2.37. The number of aromatic nitrogens is 2. The number of aromatic hydroxyl groups is 1. The number of benzene rings is 1. The Morgan fingerprint density at radius 3 is 2.88 bits per heavy atom. The van der Waals surface area contributed by atoms with Crippen molar-refractivity contribution in [1.82, 2.24) is 14.5 Å². The van der Waals surface area contributed by atoms with Crippen molar-refractivity contribution in [3.05, 3.63) is 36.3 Å². The highest BCUT2D eigenvalue weighted by Crippen LogP contribution is 2.34. The molecule has 1 amide bonds. The maximum atomic E-state index is 12.7. The van der Waals surface area contributed by atoms with Gasteiger partial charge in [-0.15, -0.1) is 0 Å². The van der Waals surface area contributed by atoms with E-state index in [2.05, 4.69) is 24.1 Å². The summed E-state index contributed by atoms with van der Waals surface area (Å²) in [4.78, 5) is 19.4. The number of amides is 1. The lowest BCUT2D eigenvalue weighted by Crippen LogP contribution is -2.50. The van der Waals surface area contributed by atoms with Crippen LogP contribution in [0.1, 0.15) is 38.1 Å². The van der Waals surface area contributed by atoms with Crippen molar-refractivity contribution in [2.24, 2.45) is 5.73 Å². The van der Waals surface area contributed by atoms with E-state index in [1.54, 1.807) is 12.1 Å². The second kappa shape index (κ2) is 8.14. The second-order valence-electron chi connectivity index (χ2n) is 6.67. The number of phenolic OH excluding ortho intramolecular Hbond substituents is 1. The van der Waals surface area contributed by atoms with Crippen molar-refractivity contribution in [2.75, 3.05) is 12.3 Å². The lowest BCUT2D eigenvalue weighted by molar-refractivity contribution is -0.136. The molecule has 2 aromatic rings. The van der Waals surface area contributed by atoms with E-state index in [0.717, 1.165) is 30.8 Å². The smallest absolute Gasteiger partial charge is 0.241 e. The summed E-state index contributed by atoms with van der Waals surface area (Å²) in [5.74, 6) is 1.33. The first-order valence-electron chi connectivity index (χ1n) is 9.09. The number of thiol groups is 1. The van der Waals surface area contributed by atoms with Gasteiger partial charge in [-0.05, 0) is 18.6 Å². The zero-order valence-electron chi connectivity index (χ0n) is 15.0. The molecule has 1 aliphatic rings. The van der Waals surface area contributed by atoms with E-state index in [1.807, 2.05) is 23.2 Å². The molecular formula is C19H26N4O2S. The van der Waals surface area contributed by atoms with Gasteiger partial charge in [0.25, 0.3) is 0 Å². The van der Waals surface area contributed by atoms with Crippen LogP contribution < -0.4 is 5.73 Å². The molecule has 140 valence electrons. The number of nitrogens with two attached hydrogens (primary N) is 1. The molecule has 26 heavy (non-hydrogen) atoms. The Morgan fingerprint density at radius 2 is 2.19 bits per heavy atom. The van der Waals surface area contributed by atoms with Crippen LogP contribution in [0.4, 0.5) is 0 Å². The number of carbonyl (C=O) groups excluding carboxylic acids is 1. The van der Waals surface area contributed by atoms with E-state index in [0.29, 0.717) is 24.4 Å². The molecule has 2 heterocycles. The van der Waals surface area contributed by atoms with Crippen LogP contribution in [-0.2, 0) is 11.3 Å². The van der Waals surface area contributed by atoms with Gasteiger partial charge in [-0.1, -0.05) is 31.9 Å². The Balaban J connectivity index is 1.96. The van der Waals surface area contributed by atoms with Crippen LogP contribution in [0.3, 0.4) is 0 Å². The van der Waals surface area contributed by atoms with Crippen molar-refractivity contribution >= 4 is 18.5 Å². The van der Waals surface area contributed by atoms with E-state index in [1.165, 1.54) is 0 Å². The molecule has 0 spiro atoms. The number of phenols is 1. The monoisotopic (exact) mass is 374 g/mol. The summed E-state index contributed by atoms with van der Waals surface area (Å²) >= 11 is 4.17. The van der Waals surface area contributed by atoms with E-state index in [-0.39, 0.29) is 17.7 Å². The summed E-state index contributed by atoms with van der Waals surface area (Å²) in [6.07, 6.45) is 4.86. The zero-order chi connectivity index (χ0) is 18.7. The van der Waals surface area contributed by atoms with Crippen molar-refractivity contribution in [3.8, 4) is 17.0 Å². The molecule has 6 nitrogen and oxygen atoms in total. The number of unbranched alkanes of at least 4 members (excludes halogenated alkanes) is 1. The molecule has 0 radical (unpaired) electrons. The number of para-hydroxylation sites is 1. The number of rotatable bonds is 6.